The molecule has 0 radical (unpaired) electrons. The quantitative estimate of drug-likeness (QED) is 0.360. The highest BCUT2D eigenvalue weighted by Gasteiger charge is 2.36. The third kappa shape index (κ3) is 6.02. The van der Waals surface area contributed by atoms with Crippen molar-refractivity contribution in [3.8, 4) is 34.5 Å². The summed E-state index contributed by atoms with van der Waals surface area (Å²) in [7, 11) is 9.24. The highest BCUT2D eigenvalue weighted by Crippen LogP contribution is 2.49. The maximum atomic E-state index is 8.58. The van der Waals surface area contributed by atoms with E-state index in [0.29, 0.717) is 40.9 Å². The van der Waals surface area contributed by atoms with Crippen LogP contribution in [0.2, 0.25) is 0 Å². The Labute approximate surface area is 266 Å². The summed E-state index contributed by atoms with van der Waals surface area (Å²) in [6.45, 7) is 3.07. The summed E-state index contributed by atoms with van der Waals surface area (Å²) in [5, 5.41) is 12.1. The van der Waals surface area contributed by atoms with Gasteiger partial charge in [-0.15, -0.1) is 0 Å². The molecule has 0 saturated carbocycles. The van der Waals surface area contributed by atoms with Crippen molar-refractivity contribution in [3.05, 3.63) is 94.1 Å². The fourth-order valence-electron chi connectivity index (χ4n) is 6.94. The monoisotopic (exact) mass is 613 g/mol. The van der Waals surface area contributed by atoms with E-state index >= 15 is 0 Å². The molecule has 8 nitrogen and oxygen atoms in total. The van der Waals surface area contributed by atoms with Crippen LogP contribution in [0.1, 0.15) is 41.6 Å². The van der Waals surface area contributed by atoms with E-state index in [2.05, 4.69) is 54.5 Å². The lowest BCUT2D eigenvalue weighted by Crippen LogP contribution is -2.39. The van der Waals surface area contributed by atoms with Gasteiger partial charge >= 0.3 is 0 Å². The van der Waals surface area contributed by atoms with Crippen molar-refractivity contribution in [3.63, 3.8) is 0 Å². The highest BCUT2D eigenvalue weighted by molar-refractivity contribution is 5.62. The average molecular weight is 614 g/mol. The van der Waals surface area contributed by atoms with E-state index in [1.165, 1.54) is 22.3 Å². The van der Waals surface area contributed by atoms with Crippen LogP contribution in [0.3, 0.4) is 0 Å². The fraction of sp³-hybridized carbons (Fsp3) is 0.405. The second kappa shape index (κ2) is 13.2. The molecule has 1 aliphatic carbocycles. The van der Waals surface area contributed by atoms with Crippen molar-refractivity contribution in [2.75, 3.05) is 42.0 Å². The summed E-state index contributed by atoms with van der Waals surface area (Å²) in [6, 6.07) is 16.2. The van der Waals surface area contributed by atoms with Crippen molar-refractivity contribution in [2.45, 2.75) is 56.9 Å². The number of rotatable bonds is 5. The van der Waals surface area contributed by atoms with E-state index in [4.69, 9.17) is 28.8 Å². The number of nitrogens with one attached hydrogen (secondary N) is 1. The van der Waals surface area contributed by atoms with E-state index in [9.17, 15) is 0 Å². The Morgan fingerprint density at radius 2 is 1.76 bits per heavy atom. The van der Waals surface area contributed by atoms with Gasteiger partial charge < -0.3 is 34.1 Å². The number of hydrogen-bond acceptors (Lipinski definition) is 7. The molecule has 0 fully saturated rings. The van der Waals surface area contributed by atoms with Crippen LogP contribution in [-0.4, -0.2) is 70.2 Å². The van der Waals surface area contributed by atoms with Crippen molar-refractivity contribution in [1.82, 2.24) is 10.2 Å². The van der Waals surface area contributed by atoms with E-state index < -0.39 is 6.10 Å². The normalized spacial score (nSPS) is 23.0. The van der Waals surface area contributed by atoms with Crippen LogP contribution in [0.4, 0.5) is 0 Å². The molecule has 4 atom stereocenters. The van der Waals surface area contributed by atoms with Gasteiger partial charge in [0.2, 0.25) is 11.5 Å². The molecule has 4 aliphatic rings. The molecule has 6 bridgehead atoms. The molecule has 3 aromatic rings. The average Bonchev–Trinajstić information content (AvgIpc) is 3.06. The largest absolute Gasteiger partial charge is 0.591 e. The van der Waals surface area contributed by atoms with E-state index in [1.807, 2.05) is 37.4 Å². The Hall–Kier alpha value is -3.98. The zero-order chi connectivity index (χ0) is 31.7. The summed E-state index contributed by atoms with van der Waals surface area (Å²) in [5.74, 6) is 3.53. The van der Waals surface area contributed by atoms with Gasteiger partial charge in [-0.3, -0.25) is 4.90 Å². The summed E-state index contributed by atoms with van der Waals surface area (Å²) in [4.78, 5) is 2.37. The van der Waals surface area contributed by atoms with Crippen LogP contribution in [0.25, 0.3) is 0 Å². The summed E-state index contributed by atoms with van der Waals surface area (Å²) >= 11 is 0. The van der Waals surface area contributed by atoms with Gasteiger partial charge in [-0.2, -0.15) is 0 Å². The number of ether oxygens (including phenoxy) is 5. The molecule has 0 spiro atoms. The highest BCUT2D eigenvalue weighted by atomic mass is 16.6. The van der Waals surface area contributed by atoms with Crippen molar-refractivity contribution >= 4 is 0 Å². The Morgan fingerprint density at radius 3 is 2.44 bits per heavy atom. The molecule has 3 aliphatic heterocycles. The molecule has 0 aromatic heterocycles. The van der Waals surface area contributed by atoms with Gasteiger partial charge in [-0.25, -0.2) is 0 Å². The Balaban J connectivity index is 1.57. The molecule has 45 heavy (non-hydrogen) atoms. The number of nitrogens with zero attached hydrogens (tertiary/aromatic N) is 1. The van der Waals surface area contributed by atoms with Gasteiger partial charge in [0.25, 0.3) is 5.75 Å². The zero-order valence-electron chi connectivity index (χ0n) is 27.1. The third-order valence-electron chi connectivity index (χ3n) is 9.45. The van der Waals surface area contributed by atoms with Crippen molar-refractivity contribution in [2.24, 2.45) is 0 Å². The molecule has 4 unspecified atom stereocenters. The minimum Gasteiger partial charge on any atom is -0.591 e. The van der Waals surface area contributed by atoms with Crippen molar-refractivity contribution in [1.29, 1.82) is 0 Å². The molecule has 238 valence electrons. The number of fused-ring (bicyclic) bond motifs is 3. The van der Waals surface area contributed by atoms with Crippen LogP contribution in [0.5, 0.6) is 34.5 Å². The van der Waals surface area contributed by atoms with Gasteiger partial charge in [-0.1, -0.05) is 19.1 Å². The van der Waals surface area contributed by atoms with Crippen LogP contribution >= 0.6 is 0 Å². The lowest BCUT2D eigenvalue weighted by molar-refractivity contribution is 0.0495. The van der Waals surface area contributed by atoms with Crippen LogP contribution in [0, 0.1) is 0 Å². The molecular weight excluding hydrogens is 568 g/mol. The van der Waals surface area contributed by atoms with E-state index in [-0.39, 0.29) is 18.2 Å². The van der Waals surface area contributed by atoms with E-state index in [1.54, 1.807) is 21.3 Å². The molecule has 7 rings (SSSR count). The first-order valence-corrected chi connectivity index (χ1v) is 15.8. The molecule has 0 amide bonds. The lowest BCUT2D eigenvalue weighted by Gasteiger charge is -2.38. The smallest absolute Gasteiger partial charge is 0.297 e. The molecule has 0 saturated heterocycles. The number of benzene rings is 3. The van der Waals surface area contributed by atoms with Gasteiger partial charge in [0, 0.05) is 37.4 Å². The number of methoxy groups -OCH3 is 3. The first kappa shape index (κ1) is 31.0. The predicted octanol–water partition coefficient (Wildman–Crippen LogP) is 5.89. The molecule has 3 aromatic carbocycles. The Morgan fingerprint density at radius 1 is 0.978 bits per heavy atom. The van der Waals surface area contributed by atoms with E-state index in [0.717, 1.165) is 36.9 Å². The molecule has 3 N–H and O–H groups in total. The second-order valence-electron chi connectivity index (χ2n) is 12.0. The van der Waals surface area contributed by atoms with Crippen molar-refractivity contribution < 1.29 is 28.8 Å². The standard InChI is InChI=1S/C37H44N2O6/c1-7-24-19-32(41-4)33-21-27(24)28(38-2)16-22-8-11-26(12-9-22)44-31-18-23(10-13-30(31)40)17-29-35-25(14-15-39(29)3)20-34(42-5)36(43-6)37(35)45-33/h8-13,18-21,28-29,32-33,38,40H,7,14-17H2,1-6H3/p+1. The molecule has 8 heteroatoms. The van der Waals surface area contributed by atoms with Crippen LogP contribution in [0.15, 0.2) is 71.8 Å². The third-order valence-corrected chi connectivity index (χ3v) is 9.45. The van der Waals surface area contributed by atoms with Gasteiger partial charge in [0.1, 0.15) is 18.0 Å². The zero-order valence-corrected chi connectivity index (χ0v) is 27.1. The van der Waals surface area contributed by atoms with Gasteiger partial charge in [0.15, 0.2) is 11.5 Å². The SMILES string of the molecule is CCC1=CC(OC)C2C=C1C(NC)Cc1ccc(cc1)Oc1cc(ccc1[OH2+])CC1c3c(cc(OC)c(OC)c3O2)CCN1C. The number of likely N-dealkylation sites (N-methyl/N-ethyl adjacent to an activating group) is 2. The maximum absolute atomic E-state index is 8.58. The Kier molecular flexibility index (Phi) is 9.08. The number of hydrogen-bond donors (Lipinski definition) is 1. The summed E-state index contributed by atoms with van der Waals surface area (Å²) < 4.78 is 31.3. The molecule has 3 heterocycles. The summed E-state index contributed by atoms with van der Waals surface area (Å²) in [5.41, 5.74) is 6.98. The Bertz CT molecular complexity index is 1600. The fourth-order valence-corrected chi connectivity index (χ4v) is 6.94. The summed E-state index contributed by atoms with van der Waals surface area (Å²) in [6.07, 6.45) is 7.00. The lowest BCUT2D eigenvalue weighted by atomic mass is 9.85. The van der Waals surface area contributed by atoms with Gasteiger partial charge in [0.05, 0.1) is 14.2 Å². The maximum Gasteiger partial charge on any atom is 0.297 e. The molecular formula is C37H45N2O6+. The second-order valence-corrected chi connectivity index (χ2v) is 12.0. The topological polar surface area (TPSA) is 84.3 Å². The predicted molar refractivity (Wildman–Crippen MR) is 177 cm³/mol. The van der Waals surface area contributed by atoms with Gasteiger partial charge in [-0.05, 0) is 110 Å². The minimum atomic E-state index is -0.391. The van der Waals surface area contributed by atoms with Crippen LogP contribution < -0.4 is 24.3 Å². The minimum absolute atomic E-state index is 0.00834. The van der Waals surface area contributed by atoms with Crippen LogP contribution in [-0.2, 0) is 24.0 Å². The first-order valence-electron chi connectivity index (χ1n) is 15.8. The first-order chi connectivity index (χ1) is 21.9.